The molecule has 0 heterocycles. The first kappa shape index (κ1) is 45.4. The van der Waals surface area contributed by atoms with Crippen molar-refractivity contribution in [2.24, 2.45) is 0 Å². The average molecular weight is 653 g/mol. The molecular formula is C44H93P. The van der Waals surface area contributed by atoms with Gasteiger partial charge in [0.25, 0.3) is 0 Å². The third-order valence-electron chi connectivity index (χ3n) is 11.2. The monoisotopic (exact) mass is 653 g/mol. The van der Waals surface area contributed by atoms with Gasteiger partial charge in [-0.1, -0.05) is 0 Å². The third-order valence-corrected chi connectivity index (χ3v) is 16.9. The van der Waals surface area contributed by atoms with Crippen LogP contribution < -0.4 is 0 Å². The Balaban J connectivity index is 4.77. The first-order chi connectivity index (χ1) is 22.2. The predicted octanol–water partition coefficient (Wildman–Crippen LogP) is 16.9. The van der Waals surface area contributed by atoms with E-state index in [1.54, 1.807) is 50.3 Å². The normalized spacial score (nSPS) is 12.4. The summed E-state index contributed by atoms with van der Waals surface area (Å²) < 4.78 is 0. The van der Waals surface area contributed by atoms with E-state index in [9.17, 15) is 0 Å². The van der Waals surface area contributed by atoms with Gasteiger partial charge in [-0.15, -0.1) is 0 Å². The molecule has 0 radical (unpaired) electrons. The molecule has 0 aromatic rings. The summed E-state index contributed by atoms with van der Waals surface area (Å²) in [5.74, 6) is 0. The van der Waals surface area contributed by atoms with Gasteiger partial charge >= 0.3 is 291 Å². The molecule has 0 unspecified atom stereocenters. The van der Waals surface area contributed by atoms with Crippen molar-refractivity contribution in [1.29, 1.82) is 0 Å². The minimum absolute atomic E-state index is 1.14. The van der Waals surface area contributed by atoms with Gasteiger partial charge in [-0.05, 0) is 0 Å². The summed E-state index contributed by atoms with van der Waals surface area (Å²) in [6, 6.07) is 0. The van der Waals surface area contributed by atoms with Crippen LogP contribution >= 0.6 is 7.26 Å². The van der Waals surface area contributed by atoms with Gasteiger partial charge in [0, 0.05) is 0 Å². The second-order valence-corrected chi connectivity index (χ2v) is 20.8. The molecule has 0 fully saturated rings. The van der Waals surface area contributed by atoms with Gasteiger partial charge in [-0.25, -0.2) is 0 Å². The van der Waals surface area contributed by atoms with E-state index in [1.807, 2.05) is 0 Å². The third kappa shape index (κ3) is 34.1. The predicted molar refractivity (Wildman–Crippen MR) is 217 cm³/mol. The molecule has 0 spiro atoms. The van der Waals surface area contributed by atoms with Gasteiger partial charge in [-0.2, -0.15) is 0 Å². The van der Waals surface area contributed by atoms with Crippen molar-refractivity contribution < 1.29 is 0 Å². The van der Waals surface area contributed by atoms with Crippen molar-refractivity contribution >= 4 is 7.26 Å². The molecule has 45 heavy (non-hydrogen) atoms. The van der Waals surface area contributed by atoms with Gasteiger partial charge in [0.15, 0.2) is 0 Å². The summed E-state index contributed by atoms with van der Waals surface area (Å²) >= 11 is 0. The Hall–Kier alpha value is 0.430. The van der Waals surface area contributed by atoms with E-state index in [4.69, 9.17) is 0 Å². The topological polar surface area (TPSA) is 0 Å². The Morgan fingerprint density at radius 2 is 0.311 bits per heavy atom. The fourth-order valence-corrected chi connectivity index (χ4v) is 13.5. The van der Waals surface area contributed by atoms with Gasteiger partial charge in [0.1, 0.15) is 0 Å². The number of hydrogen-bond acceptors (Lipinski definition) is 0. The second-order valence-electron chi connectivity index (χ2n) is 15.8. The quantitative estimate of drug-likeness (QED) is 0.0456. The Morgan fingerprint density at radius 1 is 0.178 bits per heavy atom. The molecule has 0 aliphatic heterocycles. The Bertz CT molecular complexity index is 453. The van der Waals surface area contributed by atoms with E-state index in [1.165, 1.54) is 205 Å². The molecule has 0 aliphatic rings. The summed E-state index contributed by atoms with van der Waals surface area (Å²) in [7, 11) is -1.14. The fourth-order valence-electron chi connectivity index (χ4n) is 7.99. The first-order valence-corrected chi connectivity index (χ1v) is 25.1. The molecule has 274 valence electrons. The van der Waals surface area contributed by atoms with Crippen molar-refractivity contribution in [3.05, 3.63) is 0 Å². The van der Waals surface area contributed by atoms with Crippen LogP contribution in [0.5, 0.6) is 0 Å². The molecule has 0 saturated heterocycles. The van der Waals surface area contributed by atoms with Crippen LogP contribution in [0.2, 0.25) is 0 Å². The minimum atomic E-state index is -1.14. The van der Waals surface area contributed by atoms with E-state index in [0.717, 1.165) is 0 Å². The van der Waals surface area contributed by atoms with Crippen LogP contribution in [-0.4, -0.2) is 24.6 Å². The van der Waals surface area contributed by atoms with Crippen molar-refractivity contribution in [2.45, 2.75) is 259 Å². The van der Waals surface area contributed by atoms with E-state index < -0.39 is 7.26 Å². The summed E-state index contributed by atoms with van der Waals surface area (Å²) in [6.07, 6.45) is 60.5. The maximum atomic E-state index is 2.36. The zero-order chi connectivity index (χ0) is 32.8. The van der Waals surface area contributed by atoms with Crippen LogP contribution in [0.4, 0.5) is 0 Å². The summed E-state index contributed by atoms with van der Waals surface area (Å²) in [6.45, 7) is 9.37. The number of unbranched alkanes of at least 4 members (excludes halogenated alkanes) is 32. The Labute approximate surface area is 290 Å². The molecule has 0 rings (SSSR count). The molecule has 0 aliphatic carbocycles. The van der Waals surface area contributed by atoms with E-state index >= 15 is 0 Å². The average Bonchev–Trinajstić information content (AvgIpc) is 3.05. The summed E-state index contributed by atoms with van der Waals surface area (Å²) in [5.41, 5.74) is 0. The molecule has 0 aromatic heterocycles. The molecule has 0 saturated carbocycles. The molecule has 0 aromatic carbocycles. The van der Waals surface area contributed by atoms with Gasteiger partial charge in [-0.3, -0.25) is 0 Å². The van der Waals surface area contributed by atoms with Crippen molar-refractivity contribution in [3.63, 3.8) is 0 Å². The van der Waals surface area contributed by atoms with Crippen molar-refractivity contribution in [3.8, 4) is 0 Å². The second kappa shape index (κ2) is 38.9. The van der Waals surface area contributed by atoms with Crippen LogP contribution in [0.3, 0.4) is 0 Å². The van der Waals surface area contributed by atoms with Crippen molar-refractivity contribution in [1.82, 2.24) is 0 Å². The first-order valence-electron chi connectivity index (χ1n) is 22.2. The zero-order valence-electron chi connectivity index (χ0n) is 32.8. The summed E-state index contributed by atoms with van der Waals surface area (Å²) in [4.78, 5) is 0. The molecule has 0 nitrogen and oxygen atoms in total. The molecule has 1 heteroatoms. The zero-order valence-corrected chi connectivity index (χ0v) is 33.8. The SMILES string of the molecule is CCCCCCCCCCCC[PH](CCCCCCCC)(CCCCCCCCCCCC)CCCCCCCCCCCC. The molecule has 0 atom stereocenters. The van der Waals surface area contributed by atoms with Gasteiger partial charge in [0.2, 0.25) is 0 Å². The van der Waals surface area contributed by atoms with Gasteiger partial charge in [0.05, 0.1) is 0 Å². The van der Waals surface area contributed by atoms with Crippen LogP contribution in [0.1, 0.15) is 259 Å². The van der Waals surface area contributed by atoms with E-state index in [2.05, 4.69) is 27.7 Å². The van der Waals surface area contributed by atoms with Crippen LogP contribution in [0.15, 0.2) is 0 Å². The van der Waals surface area contributed by atoms with Crippen molar-refractivity contribution in [2.75, 3.05) is 24.6 Å². The molecular weight excluding hydrogens is 559 g/mol. The molecule has 0 amide bonds. The molecule has 0 bridgehead atoms. The number of rotatable bonds is 40. The standard InChI is InChI=1S/C44H93P/c1-5-9-13-17-21-24-27-30-34-38-42-45(41-37-33-20-16-12-8-4,43-39-35-31-28-25-22-18-14-10-6-2)44-40-36-32-29-26-23-19-15-11-7-3/h45H,5-44H2,1-4H3. The fraction of sp³-hybridized carbons (Fsp3) is 1.00. The summed E-state index contributed by atoms with van der Waals surface area (Å²) in [5, 5.41) is 0. The van der Waals surface area contributed by atoms with E-state index in [0.29, 0.717) is 0 Å². The van der Waals surface area contributed by atoms with Crippen LogP contribution in [0, 0.1) is 0 Å². The van der Waals surface area contributed by atoms with E-state index in [-0.39, 0.29) is 0 Å². The Kier molecular flexibility index (Phi) is 39.2. The van der Waals surface area contributed by atoms with Crippen LogP contribution in [0.25, 0.3) is 0 Å². The molecule has 0 N–H and O–H groups in total. The number of hydrogen-bond donors (Lipinski definition) is 0. The van der Waals surface area contributed by atoms with Gasteiger partial charge < -0.3 is 0 Å². The van der Waals surface area contributed by atoms with Crippen LogP contribution in [-0.2, 0) is 0 Å². The Morgan fingerprint density at radius 3 is 0.467 bits per heavy atom. The maximum absolute atomic E-state index is 2.36.